The number of amides is 1. The molecule has 2 atom stereocenters. The number of hydrogen-bond acceptors (Lipinski definition) is 6. The molecule has 1 N–H and O–H groups in total. The van der Waals surface area contributed by atoms with Crippen LogP contribution in [0, 0.1) is 11.8 Å². The number of rotatable bonds is 5. The summed E-state index contributed by atoms with van der Waals surface area (Å²) < 4.78 is 28.5. The van der Waals surface area contributed by atoms with Crippen LogP contribution in [-0.4, -0.2) is 51.9 Å². The molecule has 1 aromatic carbocycles. The quantitative estimate of drug-likeness (QED) is 0.830. The summed E-state index contributed by atoms with van der Waals surface area (Å²) in [6.45, 7) is 5.20. The van der Waals surface area contributed by atoms with Crippen molar-refractivity contribution in [1.82, 2.24) is 24.5 Å². The number of tetrazole rings is 1. The van der Waals surface area contributed by atoms with Crippen LogP contribution in [0.15, 0.2) is 35.5 Å². The molecule has 1 amide bonds. The van der Waals surface area contributed by atoms with E-state index in [1.807, 2.05) is 0 Å². The topological polar surface area (TPSA) is 110 Å². The van der Waals surface area contributed by atoms with Gasteiger partial charge in [0.1, 0.15) is 12.9 Å². The molecule has 3 rings (SSSR count). The molecule has 2 aromatic rings. The summed E-state index contributed by atoms with van der Waals surface area (Å²) in [6.07, 6.45) is 2.38. The maximum absolute atomic E-state index is 12.8. The summed E-state index contributed by atoms with van der Waals surface area (Å²) in [5, 5.41) is 13.2. The van der Waals surface area contributed by atoms with Crippen LogP contribution in [0.2, 0.25) is 0 Å². The number of anilines is 1. The average molecular weight is 378 g/mol. The van der Waals surface area contributed by atoms with E-state index in [1.165, 1.54) is 23.1 Å². The molecule has 0 bridgehead atoms. The zero-order valence-electron chi connectivity index (χ0n) is 14.7. The molecule has 0 saturated carbocycles. The van der Waals surface area contributed by atoms with Crippen molar-refractivity contribution in [3.8, 4) is 0 Å². The molecule has 0 unspecified atom stereocenters. The SMILES string of the molecule is C[C@@H]1C[C@@H](C)CN(S(=O)(=O)c2ccc(NC(=O)Cn3cnnn3)cc2)C1. The number of piperidine rings is 1. The van der Waals surface area contributed by atoms with Crippen molar-refractivity contribution < 1.29 is 13.2 Å². The Morgan fingerprint density at radius 3 is 2.42 bits per heavy atom. The summed E-state index contributed by atoms with van der Waals surface area (Å²) in [5.41, 5.74) is 0.516. The van der Waals surface area contributed by atoms with Crippen molar-refractivity contribution in [2.24, 2.45) is 11.8 Å². The van der Waals surface area contributed by atoms with Crippen molar-refractivity contribution in [3.05, 3.63) is 30.6 Å². The molecular formula is C16H22N6O3S. The van der Waals surface area contributed by atoms with Gasteiger partial charge >= 0.3 is 0 Å². The first-order valence-electron chi connectivity index (χ1n) is 8.45. The maximum Gasteiger partial charge on any atom is 0.246 e. The number of benzene rings is 1. The zero-order chi connectivity index (χ0) is 18.7. The van der Waals surface area contributed by atoms with E-state index in [9.17, 15) is 13.2 Å². The summed E-state index contributed by atoms with van der Waals surface area (Å²) in [5.74, 6) is 0.392. The number of carbonyl (C=O) groups excluding carboxylic acids is 1. The van der Waals surface area contributed by atoms with Crippen LogP contribution in [-0.2, 0) is 21.4 Å². The predicted molar refractivity (Wildman–Crippen MR) is 94.6 cm³/mol. The minimum absolute atomic E-state index is 0.0173. The van der Waals surface area contributed by atoms with Gasteiger partial charge in [0.2, 0.25) is 15.9 Å². The van der Waals surface area contributed by atoms with E-state index in [2.05, 4.69) is 34.7 Å². The second kappa shape index (κ2) is 7.50. The number of nitrogens with zero attached hydrogens (tertiary/aromatic N) is 5. The second-order valence-electron chi connectivity index (χ2n) is 6.85. The standard InChI is InChI=1S/C16H22N6O3S/c1-12-7-13(2)9-22(8-12)26(24,25)15-5-3-14(4-6-15)18-16(23)10-21-11-17-19-20-21/h3-6,11-13H,7-10H2,1-2H3,(H,18,23)/t12-,13-/m1/s1. The monoisotopic (exact) mass is 378 g/mol. The molecular weight excluding hydrogens is 356 g/mol. The van der Waals surface area contributed by atoms with Crippen LogP contribution in [0.3, 0.4) is 0 Å². The first kappa shape index (κ1) is 18.5. The Bertz CT molecular complexity index is 841. The minimum atomic E-state index is -3.52. The number of aromatic nitrogens is 4. The van der Waals surface area contributed by atoms with Gasteiger partial charge in [0.05, 0.1) is 4.90 Å². The van der Waals surface area contributed by atoms with Crippen LogP contribution < -0.4 is 5.32 Å². The van der Waals surface area contributed by atoms with Gasteiger partial charge in [0, 0.05) is 18.8 Å². The van der Waals surface area contributed by atoms with Crippen molar-refractivity contribution in [2.45, 2.75) is 31.7 Å². The van der Waals surface area contributed by atoms with Crippen molar-refractivity contribution in [2.75, 3.05) is 18.4 Å². The van der Waals surface area contributed by atoms with Crippen LogP contribution in [0.4, 0.5) is 5.69 Å². The van der Waals surface area contributed by atoms with E-state index < -0.39 is 10.0 Å². The number of carbonyl (C=O) groups is 1. The molecule has 140 valence electrons. The third-order valence-electron chi connectivity index (χ3n) is 4.31. The summed E-state index contributed by atoms with van der Waals surface area (Å²) in [4.78, 5) is 12.2. The first-order chi connectivity index (χ1) is 12.3. The summed E-state index contributed by atoms with van der Waals surface area (Å²) >= 11 is 0. The Kier molecular flexibility index (Phi) is 5.33. The highest BCUT2D eigenvalue weighted by Gasteiger charge is 2.31. The van der Waals surface area contributed by atoms with Gasteiger partial charge in [-0.2, -0.15) is 4.31 Å². The Labute approximate surface area is 152 Å². The molecule has 1 fully saturated rings. The summed E-state index contributed by atoms with van der Waals surface area (Å²) in [6, 6.07) is 6.21. The smallest absolute Gasteiger partial charge is 0.246 e. The minimum Gasteiger partial charge on any atom is -0.324 e. The fraction of sp³-hybridized carbons (Fsp3) is 0.500. The maximum atomic E-state index is 12.8. The lowest BCUT2D eigenvalue weighted by atomic mass is 9.94. The van der Waals surface area contributed by atoms with E-state index in [0.717, 1.165) is 6.42 Å². The number of nitrogens with one attached hydrogen (secondary N) is 1. The van der Waals surface area contributed by atoms with E-state index in [0.29, 0.717) is 30.6 Å². The van der Waals surface area contributed by atoms with E-state index >= 15 is 0 Å². The number of sulfonamides is 1. The van der Waals surface area contributed by atoms with Gasteiger partial charge in [0.25, 0.3) is 0 Å². The molecule has 1 aliphatic heterocycles. The third-order valence-corrected chi connectivity index (χ3v) is 6.15. The zero-order valence-corrected chi connectivity index (χ0v) is 15.6. The van der Waals surface area contributed by atoms with Gasteiger partial charge in [-0.1, -0.05) is 13.8 Å². The van der Waals surface area contributed by atoms with Crippen LogP contribution in [0.25, 0.3) is 0 Å². The highest BCUT2D eigenvalue weighted by molar-refractivity contribution is 7.89. The normalized spacial score (nSPS) is 21.5. The van der Waals surface area contributed by atoms with E-state index in [4.69, 9.17) is 0 Å². The van der Waals surface area contributed by atoms with Crippen LogP contribution >= 0.6 is 0 Å². The molecule has 10 heteroatoms. The van der Waals surface area contributed by atoms with Gasteiger partial charge in [-0.15, -0.1) is 5.10 Å². The van der Waals surface area contributed by atoms with Gasteiger partial charge < -0.3 is 5.32 Å². The fourth-order valence-corrected chi connectivity index (χ4v) is 4.94. The van der Waals surface area contributed by atoms with Crippen molar-refractivity contribution in [3.63, 3.8) is 0 Å². The largest absolute Gasteiger partial charge is 0.324 e. The first-order valence-corrected chi connectivity index (χ1v) is 9.89. The van der Waals surface area contributed by atoms with Crippen molar-refractivity contribution >= 4 is 21.6 Å². The van der Waals surface area contributed by atoms with Crippen LogP contribution in [0.1, 0.15) is 20.3 Å². The van der Waals surface area contributed by atoms with Gasteiger partial charge in [0.15, 0.2) is 0 Å². The molecule has 1 aromatic heterocycles. The molecule has 9 nitrogen and oxygen atoms in total. The molecule has 0 aliphatic carbocycles. The Morgan fingerprint density at radius 1 is 1.19 bits per heavy atom. The average Bonchev–Trinajstić information content (AvgIpc) is 3.07. The lowest BCUT2D eigenvalue weighted by molar-refractivity contribution is -0.116. The van der Waals surface area contributed by atoms with E-state index in [1.54, 1.807) is 16.4 Å². The van der Waals surface area contributed by atoms with Gasteiger partial charge in [-0.3, -0.25) is 4.79 Å². The molecule has 26 heavy (non-hydrogen) atoms. The van der Waals surface area contributed by atoms with Gasteiger partial charge in [-0.25, -0.2) is 13.1 Å². The van der Waals surface area contributed by atoms with Crippen molar-refractivity contribution in [1.29, 1.82) is 0 Å². The van der Waals surface area contributed by atoms with E-state index in [-0.39, 0.29) is 17.3 Å². The predicted octanol–water partition coefficient (Wildman–Crippen LogP) is 0.978. The lowest BCUT2D eigenvalue weighted by Crippen LogP contribution is -2.42. The number of hydrogen-bond donors (Lipinski definition) is 1. The molecule has 1 saturated heterocycles. The van der Waals surface area contributed by atoms with Crippen LogP contribution in [0.5, 0.6) is 0 Å². The fourth-order valence-electron chi connectivity index (χ4n) is 3.26. The Hall–Kier alpha value is -2.33. The Morgan fingerprint density at radius 2 is 1.85 bits per heavy atom. The lowest BCUT2D eigenvalue weighted by Gasteiger charge is -2.34. The highest BCUT2D eigenvalue weighted by Crippen LogP contribution is 2.27. The third kappa shape index (κ3) is 4.25. The Balaban J connectivity index is 1.67. The molecule has 0 spiro atoms. The molecule has 0 radical (unpaired) electrons. The molecule has 2 heterocycles. The highest BCUT2D eigenvalue weighted by atomic mass is 32.2. The van der Waals surface area contributed by atoms with Gasteiger partial charge in [-0.05, 0) is 52.9 Å². The molecule has 1 aliphatic rings. The second-order valence-corrected chi connectivity index (χ2v) is 8.79. The summed E-state index contributed by atoms with van der Waals surface area (Å²) in [7, 11) is -3.52.